The van der Waals surface area contributed by atoms with Crippen LogP contribution in [-0.4, -0.2) is 55.7 Å². The van der Waals surface area contributed by atoms with Crippen LogP contribution in [0.3, 0.4) is 0 Å². The predicted molar refractivity (Wildman–Crippen MR) is 117 cm³/mol. The number of nitrogens with zero attached hydrogens (tertiary/aromatic N) is 2. The number of piperidine rings is 1. The number of aliphatic hydroxyl groups excluding tert-OH is 1. The molecule has 8 heteroatoms. The minimum absolute atomic E-state index is 0.00853. The number of rotatable bonds is 6. The highest BCUT2D eigenvalue weighted by Crippen LogP contribution is 2.38. The van der Waals surface area contributed by atoms with E-state index in [9.17, 15) is 19.1 Å². The van der Waals surface area contributed by atoms with E-state index in [1.807, 2.05) is 4.90 Å². The Morgan fingerprint density at radius 1 is 1.03 bits per heavy atom. The Bertz CT molecular complexity index is 1040. The van der Waals surface area contributed by atoms with Crippen LogP contribution in [0.5, 0.6) is 11.5 Å². The summed E-state index contributed by atoms with van der Waals surface area (Å²) in [5.74, 6) is -0.508. The summed E-state index contributed by atoms with van der Waals surface area (Å²) < 4.78 is 24.2. The highest BCUT2D eigenvalue weighted by atomic mass is 19.1. The van der Waals surface area contributed by atoms with Crippen molar-refractivity contribution in [2.75, 3.05) is 38.8 Å². The highest BCUT2D eigenvalue weighted by molar-refractivity contribution is 6.45. The molecule has 1 atom stereocenters. The Labute approximate surface area is 185 Å². The van der Waals surface area contributed by atoms with Gasteiger partial charge >= 0.3 is 0 Å². The van der Waals surface area contributed by atoms with Crippen molar-refractivity contribution in [3.05, 3.63) is 59.5 Å². The van der Waals surface area contributed by atoms with Gasteiger partial charge in [-0.1, -0.05) is 12.1 Å². The second-order valence-corrected chi connectivity index (χ2v) is 7.88. The van der Waals surface area contributed by atoms with E-state index in [4.69, 9.17) is 9.47 Å². The van der Waals surface area contributed by atoms with E-state index >= 15 is 0 Å². The molecule has 0 radical (unpaired) electrons. The normalized spacial score (nSPS) is 19.1. The van der Waals surface area contributed by atoms with Gasteiger partial charge in [-0.05, 0) is 36.5 Å². The molecule has 168 valence electrons. The van der Waals surface area contributed by atoms with Crippen molar-refractivity contribution in [3.63, 3.8) is 0 Å². The predicted octanol–water partition coefficient (Wildman–Crippen LogP) is 2.83. The first-order valence-electron chi connectivity index (χ1n) is 10.4. The van der Waals surface area contributed by atoms with Gasteiger partial charge in [-0.15, -0.1) is 0 Å². The summed E-state index contributed by atoms with van der Waals surface area (Å²) in [6.45, 7) is 1.06. The third kappa shape index (κ3) is 3.93. The van der Waals surface area contributed by atoms with Gasteiger partial charge in [0, 0.05) is 37.9 Å². The number of aliphatic hydroxyl groups is 1. The number of ether oxygens (including phenoxy) is 2. The molecule has 0 spiro atoms. The zero-order valence-electron chi connectivity index (χ0n) is 18.0. The molecule has 2 heterocycles. The SMILES string of the molecule is COc1cc(OC)cc(N2C(=O)C(c3ccc(F)cc3)=C(N3CCCC(CO)C3)C2=O)c1. The lowest BCUT2D eigenvalue weighted by Crippen LogP contribution is -2.40. The van der Waals surface area contributed by atoms with E-state index in [2.05, 4.69) is 0 Å². The summed E-state index contributed by atoms with van der Waals surface area (Å²) in [6.07, 6.45) is 1.64. The van der Waals surface area contributed by atoms with Crippen LogP contribution in [0.15, 0.2) is 48.2 Å². The molecule has 1 N–H and O–H groups in total. The van der Waals surface area contributed by atoms with Crippen LogP contribution >= 0.6 is 0 Å². The lowest BCUT2D eigenvalue weighted by atomic mass is 9.97. The van der Waals surface area contributed by atoms with Crippen LogP contribution in [0.4, 0.5) is 10.1 Å². The molecule has 2 aliphatic rings. The second-order valence-electron chi connectivity index (χ2n) is 7.88. The summed E-state index contributed by atoms with van der Waals surface area (Å²) in [5, 5.41) is 9.65. The van der Waals surface area contributed by atoms with Gasteiger partial charge in [0.05, 0.1) is 25.5 Å². The van der Waals surface area contributed by atoms with Gasteiger partial charge in [0.2, 0.25) is 0 Å². The smallest absolute Gasteiger partial charge is 0.282 e. The van der Waals surface area contributed by atoms with Crippen LogP contribution < -0.4 is 14.4 Å². The van der Waals surface area contributed by atoms with Crippen molar-refractivity contribution in [2.45, 2.75) is 12.8 Å². The molecule has 0 bridgehead atoms. The van der Waals surface area contributed by atoms with Gasteiger partial charge in [-0.3, -0.25) is 9.59 Å². The summed E-state index contributed by atoms with van der Waals surface area (Å²) in [7, 11) is 2.98. The average molecular weight is 440 g/mol. The fourth-order valence-corrected chi connectivity index (χ4v) is 4.26. The largest absolute Gasteiger partial charge is 0.497 e. The Balaban J connectivity index is 1.82. The first-order chi connectivity index (χ1) is 15.5. The van der Waals surface area contributed by atoms with Gasteiger partial charge in [0.25, 0.3) is 11.8 Å². The highest BCUT2D eigenvalue weighted by Gasteiger charge is 2.43. The molecule has 1 fully saturated rings. The molecular formula is C24H25FN2O5. The number of hydrogen-bond acceptors (Lipinski definition) is 6. The molecule has 32 heavy (non-hydrogen) atoms. The van der Waals surface area contributed by atoms with Crippen LogP contribution in [0.25, 0.3) is 5.57 Å². The number of anilines is 1. The number of hydrogen-bond donors (Lipinski definition) is 1. The number of carbonyl (C=O) groups excluding carboxylic acids is 2. The maximum absolute atomic E-state index is 13.6. The van der Waals surface area contributed by atoms with Crippen LogP contribution in [0.2, 0.25) is 0 Å². The number of methoxy groups -OCH3 is 2. The van der Waals surface area contributed by atoms with E-state index in [1.165, 1.54) is 38.5 Å². The Morgan fingerprint density at radius 3 is 2.28 bits per heavy atom. The van der Waals surface area contributed by atoms with Crippen molar-refractivity contribution in [1.82, 2.24) is 4.90 Å². The van der Waals surface area contributed by atoms with Crippen molar-refractivity contribution in [2.24, 2.45) is 5.92 Å². The third-order valence-electron chi connectivity index (χ3n) is 5.88. The van der Waals surface area contributed by atoms with Gasteiger partial charge < -0.3 is 19.5 Å². The Hall–Kier alpha value is -3.39. The molecule has 2 aliphatic heterocycles. The van der Waals surface area contributed by atoms with Crippen molar-refractivity contribution >= 4 is 23.1 Å². The van der Waals surface area contributed by atoms with Crippen molar-refractivity contribution < 1.29 is 28.6 Å². The lowest BCUT2D eigenvalue weighted by Gasteiger charge is -2.34. The quantitative estimate of drug-likeness (QED) is 0.696. The number of halogens is 1. The van der Waals surface area contributed by atoms with Crippen LogP contribution in [0.1, 0.15) is 18.4 Å². The zero-order chi connectivity index (χ0) is 22.8. The Kier molecular flexibility index (Phi) is 6.14. The van der Waals surface area contributed by atoms with Gasteiger partial charge in [-0.25, -0.2) is 9.29 Å². The molecular weight excluding hydrogens is 415 g/mol. The first kappa shape index (κ1) is 21.8. The molecule has 1 unspecified atom stereocenters. The Morgan fingerprint density at radius 2 is 1.69 bits per heavy atom. The van der Waals surface area contributed by atoms with Crippen molar-refractivity contribution in [3.8, 4) is 11.5 Å². The minimum Gasteiger partial charge on any atom is -0.497 e. The monoisotopic (exact) mass is 440 g/mol. The molecule has 2 aromatic rings. The van der Waals surface area contributed by atoms with E-state index in [1.54, 1.807) is 18.2 Å². The number of likely N-dealkylation sites (tertiary alicyclic amines) is 1. The summed E-state index contributed by atoms with van der Waals surface area (Å²) in [6, 6.07) is 10.4. The number of carbonyl (C=O) groups is 2. The maximum Gasteiger partial charge on any atom is 0.282 e. The molecule has 7 nitrogen and oxygen atoms in total. The maximum atomic E-state index is 13.6. The minimum atomic E-state index is -0.502. The van der Waals surface area contributed by atoms with Gasteiger partial charge in [-0.2, -0.15) is 0 Å². The fourth-order valence-electron chi connectivity index (χ4n) is 4.26. The third-order valence-corrected chi connectivity index (χ3v) is 5.88. The van der Waals surface area contributed by atoms with Gasteiger partial charge in [0.15, 0.2) is 0 Å². The lowest BCUT2D eigenvalue weighted by molar-refractivity contribution is -0.120. The number of benzene rings is 2. The summed E-state index contributed by atoms with van der Waals surface area (Å²) in [4.78, 5) is 30.2. The molecule has 0 aliphatic carbocycles. The van der Waals surface area contributed by atoms with Crippen LogP contribution in [0, 0.1) is 11.7 Å². The standard InChI is InChI=1S/C24H25FN2O5/c1-31-19-10-18(11-20(12-19)32-2)27-23(29)21(16-5-7-17(25)8-6-16)22(24(27)30)26-9-3-4-15(13-26)14-28/h5-8,10-12,15,28H,3-4,9,13-14H2,1-2H3. The van der Waals surface area contributed by atoms with E-state index in [0.717, 1.165) is 17.7 Å². The average Bonchev–Trinajstić information content (AvgIpc) is 3.09. The van der Waals surface area contributed by atoms with Gasteiger partial charge in [0.1, 0.15) is 23.0 Å². The first-order valence-corrected chi connectivity index (χ1v) is 10.4. The van der Waals surface area contributed by atoms with E-state index in [-0.39, 0.29) is 23.8 Å². The summed E-state index contributed by atoms with van der Waals surface area (Å²) >= 11 is 0. The zero-order valence-corrected chi connectivity index (χ0v) is 18.0. The number of amides is 2. The molecule has 2 amide bonds. The van der Waals surface area contributed by atoms with E-state index in [0.29, 0.717) is 35.8 Å². The fraction of sp³-hybridized carbons (Fsp3) is 0.333. The van der Waals surface area contributed by atoms with E-state index < -0.39 is 17.6 Å². The molecule has 0 aromatic heterocycles. The number of imide groups is 1. The summed E-state index contributed by atoms with van der Waals surface area (Å²) in [5.41, 5.74) is 1.27. The molecule has 0 saturated carbocycles. The topological polar surface area (TPSA) is 79.3 Å². The molecule has 4 rings (SSSR count). The molecule has 2 aromatic carbocycles. The molecule has 1 saturated heterocycles. The van der Waals surface area contributed by atoms with Crippen molar-refractivity contribution in [1.29, 1.82) is 0 Å². The van der Waals surface area contributed by atoms with Crippen LogP contribution in [-0.2, 0) is 9.59 Å². The second kappa shape index (κ2) is 9.00.